The Kier molecular flexibility index (Phi) is 10.1. The smallest absolute Gasteiger partial charge is 0.254 e. The van der Waals surface area contributed by atoms with E-state index in [2.05, 4.69) is 41.1 Å². The van der Waals surface area contributed by atoms with Gasteiger partial charge in [0.25, 0.3) is 5.91 Å². The van der Waals surface area contributed by atoms with Gasteiger partial charge in [-0.15, -0.1) is 5.10 Å². The number of nitrogens with zero attached hydrogens (tertiary/aromatic N) is 6. The van der Waals surface area contributed by atoms with Crippen molar-refractivity contribution in [2.75, 3.05) is 49.1 Å². The minimum absolute atomic E-state index is 0. The minimum atomic E-state index is -0.393. The Balaban J connectivity index is 0.00000405. The topological polar surface area (TPSA) is 96.6 Å². The highest BCUT2D eigenvalue weighted by Gasteiger charge is 2.32. The van der Waals surface area contributed by atoms with E-state index in [0.29, 0.717) is 36.9 Å². The standard InChI is InChI=1S/C32H37FN6O2.H2S/c1-21-15-22(2)31(32(41)38-13-14-39(27(19-38)20-40)30-5-4-10-35-36-30)23(3)28(21)16-24-8-11-37(12-9-24)29-7-6-26(33)17-25(29)18-34;/h4-7,10,15,17,24,27,40H,8-9,11-14,16,19-20H2,1-3H3;1H2/t27-;/m0./s1. The van der Waals surface area contributed by atoms with E-state index in [-0.39, 0.29) is 32.1 Å². The van der Waals surface area contributed by atoms with Crippen LogP contribution in [0.25, 0.3) is 0 Å². The molecule has 3 heterocycles. The Morgan fingerprint density at radius 1 is 1.10 bits per heavy atom. The van der Waals surface area contributed by atoms with E-state index in [1.54, 1.807) is 12.3 Å². The summed E-state index contributed by atoms with van der Waals surface area (Å²) >= 11 is 0. The van der Waals surface area contributed by atoms with Gasteiger partial charge in [-0.2, -0.15) is 23.9 Å². The van der Waals surface area contributed by atoms with Gasteiger partial charge < -0.3 is 19.8 Å². The van der Waals surface area contributed by atoms with Gasteiger partial charge in [0.2, 0.25) is 0 Å². The van der Waals surface area contributed by atoms with Crippen LogP contribution in [0.3, 0.4) is 0 Å². The van der Waals surface area contributed by atoms with Crippen molar-refractivity contribution in [2.45, 2.75) is 46.1 Å². The van der Waals surface area contributed by atoms with Crippen molar-refractivity contribution in [3.05, 3.63) is 81.8 Å². The maximum Gasteiger partial charge on any atom is 0.254 e. The maximum absolute atomic E-state index is 13.9. The molecular formula is C32H39FN6O2S. The number of aromatic nitrogens is 2. The molecule has 8 nitrogen and oxygen atoms in total. The monoisotopic (exact) mass is 590 g/mol. The third kappa shape index (κ3) is 6.37. The lowest BCUT2D eigenvalue weighted by Gasteiger charge is -2.41. The summed E-state index contributed by atoms with van der Waals surface area (Å²) in [5, 5.41) is 27.8. The lowest BCUT2D eigenvalue weighted by atomic mass is 9.83. The summed E-state index contributed by atoms with van der Waals surface area (Å²) in [5.41, 5.74) is 6.37. The molecule has 1 aromatic heterocycles. The minimum Gasteiger partial charge on any atom is -0.394 e. The number of rotatable bonds is 6. The molecule has 42 heavy (non-hydrogen) atoms. The molecule has 0 unspecified atom stereocenters. The summed E-state index contributed by atoms with van der Waals surface area (Å²) in [6.07, 6.45) is 4.43. The Labute approximate surface area is 254 Å². The van der Waals surface area contributed by atoms with E-state index in [1.165, 1.54) is 23.3 Å². The molecule has 1 N–H and O–H groups in total. The van der Waals surface area contributed by atoms with Crippen LogP contribution >= 0.6 is 13.5 Å². The lowest BCUT2D eigenvalue weighted by Crippen LogP contribution is -2.56. The van der Waals surface area contributed by atoms with E-state index in [1.807, 2.05) is 28.9 Å². The molecule has 0 aliphatic carbocycles. The quantitative estimate of drug-likeness (QED) is 0.457. The van der Waals surface area contributed by atoms with Crippen LogP contribution in [0.2, 0.25) is 0 Å². The number of carbonyl (C=O) groups excluding carboxylic acids is 1. The number of aliphatic hydroxyl groups excluding tert-OH is 1. The predicted octanol–water partition coefficient (Wildman–Crippen LogP) is 4.31. The number of amides is 1. The van der Waals surface area contributed by atoms with E-state index in [0.717, 1.165) is 54.7 Å². The van der Waals surface area contributed by atoms with Crippen LogP contribution in [0.1, 0.15) is 51.0 Å². The molecule has 0 radical (unpaired) electrons. The molecule has 0 saturated carbocycles. The van der Waals surface area contributed by atoms with Crippen molar-refractivity contribution >= 4 is 30.9 Å². The normalized spacial score (nSPS) is 17.5. The number of aryl methyl sites for hydroxylation is 2. The fourth-order valence-corrected chi connectivity index (χ4v) is 6.51. The molecule has 5 rings (SSSR count). The first-order valence-electron chi connectivity index (χ1n) is 14.3. The van der Waals surface area contributed by atoms with E-state index < -0.39 is 5.82 Å². The highest BCUT2D eigenvalue weighted by molar-refractivity contribution is 7.59. The van der Waals surface area contributed by atoms with E-state index >= 15 is 0 Å². The summed E-state index contributed by atoms with van der Waals surface area (Å²) in [6.45, 7) is 9.26. The van der Waals surface area contributed by atoms with Crippen molar-refractivity contribution in [1.29, 1.82) is 5.26 Å². The van der Waals surface area contributed by atoms with Crippen LogP contribution in [0.15, 0.2) is 42.6 Å². The van der Waals surface area contributed by atoms with Crippen molar-refractivity contribution in [3.8, 4) is 6.07 Å². The molecule has 2 aromatic carbocycles. The van der Waals surface area contributed by atoms with Crippen LogP contribution < -0.4 is 9.80 Å². The van der Waals surface area contributed by atoms with E-state index in [9.17, 15) is 19.6 Å². The van der Waals surface area contributed by atoms with Crippen LogP contribution in [0.4, 0.5) is 15.9 Å². The number of piperazine rings is 1. The fourth-order valence-electron chi connectivity index (χ4n) is 6.51. The Hall–Kier alpha value is -3.68. The second-order valence-electron chi connectivity index (χ2n) is 11.3. The number of piperidine rings is 1. The zero-order valence-electron chi connectivity index (χ0n) is 24.5. The summed E-state index contributed by atoms with van der Waals surface area (Å²) in [4.78, 5) is 20.0. The molecule has 10 heteroatoms. The highest BCUT2D eigenvalue weighted by atomic mass is 32.1. The van der Waals surface area contributed by atoms with Gasteiger partial charge in [-0.25, -0.2) is 4.39 Å². The van der Waals surface area contributed by atoms with Gasteiger partial charge in [-0.3, -0.25) is 4.79 Å². The zero-order valence-corrected chi connectivity index (χ0v) is 25.5. The molecule has 2 saturated heterocycles. The summed E-state index contributed by atoms with van der Waals surface area (Å²) in [6, 6.07) is 12.1. The Morgan fingerprint density at radius 3 is 2.52 bits per heavy atom. The Bertz CT molecular complexity index is 1460. The highest BCUT2D eigenvalue weighted by Crippen LogP contribution is 2.32. The van der Waals surface area contributed by atoms with Crippen LogP contribution in [-0.2, 0) is 6.42 Å². The largest absolute Gasteiger partial charge is 0.394 e. The van der Waals surface area contributed by atoms with Crippen LogP contribution in [0, 0.1) is 43.8 Å². The second kappa shape index (κ2) is 13.5. The summed E-state index contributed by atoms with van der Waals surface area (Å²) < 4.78 is 13.6. The SMILES string of the molecule is Cc1cc(C)c(C(=O)N2CCN(c3cccnn3)[C@H](CO)C2)c(C)c1CC1CCN(c2ccc(F)cc2C#N)CC1.S. The van der Waals surface area contributed by atoms with Gasteiger partial charge in [0, 0.05) is 44.5 Å². The average molecular weight is 591 g/mol. The first-order valence-corrected chi connectivity index (χ1v) is 14.3. The fraction of sp³-hybridized carbons (Fsp3) is 0.438. The summed E-state index contributed by atoms with van der Waals surface area (Å²) in [5.74, 6) is 0.774. The molecule has 2 aliphatic rings. The molecule has 3 aromatic rings. The molecule has 0 bridgehead atoms. The van der Waals surface area contributed by atoms with Gasteiger partial charge in [-0.1, -0.05) is 6.07 Å². The van der Waals surface area contributed by atoms with Crippen LogP contribution in [-0.4, -0.2) is 71.5 Å². The molecule has 1 atom stereocenters. The van der Waals surface area contributed by atoms with Gasteiger partial charge >= 0.3 is 0 Å². The first kappa shape index (κ1) is 31.3. The molecule has 222 valence electrons. The number of anilines is 2. The third-order valence-electron chi connectivity index (χ3n) is 8.71. The number of hydrogen-bond acceptors (Lipinski definition) is 7. The summed E-state index contributed by atoms with van der Waals surface area (Å²) in [7, 11) is 0. The van der Waals surface area contributed by atoms with Crippen molar-refractivity contribution < 1.29 is 14.3 Å². The lowest BCUT2D eigenvalue weighted by molar-refractivity contribution is 0.0697. The third-order valence-corrected chi connectivity index (χ3v) is 8.71. The number of halogens is 1. The zero-order chi connectivity index (χ0) is 29.1. The van der Waals surface area contributed by atoms with Crippen molar-refractivity contribution in [2.24, 2.45) is 5.92 Å². The van der Waals surface area contributed by atoms with Gasteiger partial charge in [0.15, 0.2) is 5.82 Å². The van der Waals surface area contributed by atoms with E-state index in [4.69, 9.17) is 0 Å². The van der Waals surface area contributed by atoms with Crippen molar-refractivity contribution in [3.63, 3.8) is 0 Å². The molecule has 0 spiro atoms. The molecule has 2 fully saturated rings. The van der Waals surface area contributed by atoms with Gasteiger partial charge in [-0.05, 0) is 98.5 Å². The van der Waals surface area contributed by atoms with Gasteiger partial charge in [0.1, 0.15) is 11.9 Å². The average Bonchev–Trinajstić information content (AvgIpc) is 2.99. The molecule has 1 amide bonds. The predicted molar refractivity (Wildman–Crippen MR) is 167 cm³/mol. The number of hydrogen-bond donors (Lipinski definition) is 1. The van der Waals surface area contributed by atoms with Gasteiger partial charge in [0.05, 0.1) is 23.9 Å². The first-order chi connectivity index (χ1) is 19.8. The second-order valence-corrected chi connectivity index (χ2v) is 11.3. The maximum atomic E-state index is 13.9. The number of nitriles is 1. The van der Waals surface area contributed by atoms with Crippen molar-refractivity contribution in [1.82, 2.24) is 15.1 Å². The number of benzene rings is 2. The molecular weight excluding hydrogens is 551 g/mol. The number of aliphatic hydroxyl groups is 1. The number of carbonyl (C=O) groups is 1. The molecule has 2 aliphatic heterocycles. The Morgan fingerprint density at radius 2 is 1.86 bits per heavy atom. The van der Waals surface area contributed by atoms with Crippen LogP contribution in [0.5, 0.6) is 0 Å².